The zero-order valence-corrected chi connectivity index (χ0v) is 21.3. The lowest BCUT2D eigenvalue weighted by molar-refractivity contribution is -0.160. The predicted octanol–water partition coefficient (Wildman–Crippen LogP) is 5.85. The molecule has 4 aliphatic rings. The second-order valence-corrected chi connectivity index (χ2v) is 12.3. The molecule has 0 radical (unpaired) electrons. The van der Waals surface area contributed by atoms with Crippen molar-refractivity contribution in [3.8, 4) is 0 Å². The second-order valence-electron chi connectivity index (χ2n) is 12.3. The molecule has 7 atom stereocenters. The Balaban J connectivity index is 1.44. The van der Waals surface area contributed by atoms with Crippen LogP contribution in [0.1, 0.15) is 85.0 Å². The highest BCUT2D eigenvalue weighted by atomic mass is 19.4. The van der Waals surface area contributed by atoms with Gasteiger partial charge in [0.2, 0.25) is 5.91 Å². The normalized spacial score (nSPS) is 40.3. The summed E-state index contributed by atoms with van der Waals surface area (Å²) in [6.07, 6.45) is 8.72. The molecule has 4 saturated carbocycles. The molecule has 7 unspecified atom stereocenters. The minimum absolute atomic E-state index is 0.00915. The van der Waals surface area contributed by atoms with Crippen molar-refractivity contribution in [1.82, 2.24) is 4.90 Å². The summed E-state index contributed by atoms with van der Waals surface area (Å²) in [5, 5.41) is 0. The second kappa shape index (κ2) is 9.74. The van der Waals surface area contributed by atoms with E-state index in [-0.39, 0.29) is 25.0 Å². The highest BCUT2D eigenvalue weighted by Gasteiger charge is 2.59. The van der Waals surface area contributed by atoms with Gasteiger partial charge in [-0.25, -0.2) is 0 Å². The number of hydrogen-bond donors (Lipinski definition) is 1. The molecular weight excluding hydrogens is 439 g/mol. The van der Waals surface area contributed by atoms with Crippen molar-refractivity contribution in [3.05, 3.63) is 0 Å². The maximum Gasteiger partial charge on any atom is 0.406 e. The van der Waals surface area contributed by atoms with Gasteiger partial charge < -0.3 is 10.6 Å². The fraction of sp³-hybridized carbons (Fsp3) is 0.926. The SMILES string of the molecule is CC(=NCC(=O)N(CCN)CC(F)(F)F)C1CCC2C3CCC4CCCCC4(C)C3CCC12C. The number of carbonyl (C=O) groups excluding carboxylic acids is 1. The first kappa shape index (κ1) is 26.0. The lowest BCUT2D eigenvalue weighted by atomic mass is 9.45. The fourth-order valence-electron chi connectivity index (χ4n) is 9.05. The van der Waals surface area contributed by atoms with Crippen LogP contribution < -0.4 is 5.73 Å². The van der Waals surface area contributed by atoms with Gasteiger partial charge in [0.05, 0.1) is 0 Å². The van der Waals surface area contributed by atoms with E-state index in [1.807, 2.05) is 6.92 Å². The van der Waals surface area contributed by atoms with E-state index >= 15 is 0 Å². The van der Waals surface area contributed by atoms with Gasteiger partial charge in [-0.3, -0.25) is 9.79 Å². The molecule has 0 saturated heterocycles. The van der Waals surface area contributed by atoms with Gasteiger partial charge in [0, 0.05) is 24.7 Å². The van der Waals surface area contributed by atoms with Crippen molar-refractivity contribution < 1.29 is 18.0 Å². The number of hydrogen-bond acceptors (Lipinski definition) is 3. The lowest BCUT2D eigenvalue weighted by Crippen LogP contribution is -2.53. The molecule has 4 aliphatic carbocycles. The van der Waals surface area contributed by atoms with Gasteiger partial charge in [0.25, 0.3) is 0 Å². The molecule has 194 valence electrons. The first-order valence-corrected chi connectivity index (χ1v) is 13.5. The van der Waals surface area contributed by atoms with Gasteiger partial charge in [-0.1, -0.05) is 26.7 Å². The first-order chi connectivity index (χ1) is 16.0. The Kier molecular flexibility index (Phi) is 7.44. The Labute approximate surface area is 203 Å². The topological polar surface area (TPSA) is 58.7 Å². The minimum Gasteiger partial charge on any atom is -0.331 e. The third-order valence-corrected chi connectivity index (χ3v) is 10.7. The maximum atomic E-state index is 12.9. The number of carbonyl (C=O) groups is 1. The summed E-state index contributed by atoms with van der Waals surface area (Å²) in [4.78, 5) is 17.9. The van der Waals surface area contributed by atoms with Crippen molar-refractivity contribution in [1.29, 1.82) is 0 Å². The Bertz CT molecular complexity index is 784. The van der Waals surface area contributed by atoms with Crippen LogP contribution in [0, 0.1) is 40.4 Å². The Morgan fingerprint density at radius 2 is 1.74 bits per heavy atom. The van der Waals surface area contributed by atoms with E-state index in [2.05, 4.69) is 18.8 Å². The standard InChI is InChI=1S/C27H44F3N3O/c1-18(32-16-24(34)33(15-14-31)17-27(28,29)30)21-9-10-22-20-8-7-19-6-4-5-12-25(19,2)23(20)11-13-26(21,22)3/h19-23H,4-17,31H2,1-3H3. The largest absolute Gasteiger partial charge is 0.406 e. The molecule has 0 aromatic carbocycles. The summed E-state index contributed by atoms with van der Waals surface area (Å²) in [7, 11) is 0. The average Bonchev–Trinajstić information content (AvgIpc) is 3.13. The van der Waals surface area contributed by atoms with Crippen molar-refractivity contribution in [3.63, 3.8) is 0 Å². The van der Waals surface area contributed by atoms with Crippen LogP contribution in [0.2, 0.25) is 0 Å². The molecule has 0 bridgehead atoms. The smallest absolute Gasteiger partial charge is 0.331 e. The number of nitrogens with two attached hydrogens (primary N) is 1. The Morgan fingerprint density at radius 3 is 2.44 bits per heavy atom. The summed E-state index contributed by atoms with van der Waals surface area (Å²) in [5.74, 6) is 2.99. The number of aliphatic imine (C=N–C) groups is 1. The van der Waals surface area contributed by atoms with Gasteiger partial charge >= 0.3 is 6.18 Å². The summed E-state index contributed by atoms with van der Waals surface area (Å²) >= 11 is 0. The average molecular weight is 484 g/mol. The van der Waals surface area contributed by atoms with Gasteiger partial charge in [-0.15, -0.1) is 0 Å². The van der Waals surface area contributed by atoms with Crippen LogP contribution >= 0.6 is 0 Å². The third kappa shape index (κ3) is 4.79. The zero-order valence-electron chi connectivity index (χ0n) is 21.3. The van der Waals surface area contributed by atoms with E-state index in [0.717, 1.165) is 34.8 Å². The molecule has 0 spiro atoms. The predicted molar refractivity (Wildman–Crippen MR) is 129 cm³/mol. The number of alkyl halides is 3. The van der Waals surface area contributed by atoms with Crippen LogP contribution in [0.15, 0.2) is 4.99 Å². The van der Waals surface area contributed by atoms with Crippen molar-refractivity contribution in [2.75, 3.05) is 26.2 Å². The number of fused-ring (bicyclic) bond motifs is 5. The molecule has 7 heteroatoms. The molecular formula is C27H44F3N3O. The Morgan fingerprint density at radius 1 is 1.00 bits per heavy atom. The van der Waals surface area contributed by atoms with Crippen molar-refractivity contribution in [2.24, 2.45) is 51.1 Å². The highest BCUT2D eigenvalue weighted by Crippen LogP contribution is 2.67. The summed E-state index contributed by atoms with van der Waals surface area (Å²) < 4.78 is 38.6. The zero-order chi connectivity index (χ0) is 24.7. The first-order valence-electron chi connectivity index (χ1n) is 13.5. The van der Waals surface area contributed by atoms with E-state index in [1.165, 1.54) is 57.8 Å². The monoisotopic (exact) mass is 483 g/mol. The molecule has 34 heavy (non-hydrogen) atoms. The van der Waals surface area contributed by atoms with E-state index in [0.29, 0.717) is 17.3 Å². The lowest BCUT2D eigenvalue weighted by Gasteiger charge is -2.60. The number of rotatable bonds is 6. The van der Waals surface area contributed by atoms with E-state index < -0.39 is 18.6 Å². The van der Waals surface area contributed by atoms with Crippen LogP contribution in [-0.2, 0) is 4.79 Å². The molecule has 0 aromatic rings. The molecule has 2 N–H and O–H groups in total. The molecule has 0 aliphatic heterocycles. The van der Waals surface area contributed by atoms with Gasteiger partial charge in [-0.05, 0) is 92.8 Å². The molecule has 1 amide bonds. The van der Waals surface area contributed by atoms with Crippen LogP contribution in [0.4, 0.5) is 13.2 Å². The van der Waals surface area contributed by atoms with Crippen LogP contribution in [0.3, 0.4) is 0 Å². The molecule has 0 heterocycles. The minimum atomic E-state index is -4.43. The fourth-order valence-corrected chi connectivity index (χ4v) is 9.05. The van der Waals surface area contributed by atoms with Gasteiger partial charge in [-0.2, -0.15) is 13.2 Å². The molecule has 0 aromatic heterocycles. The Hall–Kier alpha value is -1.11. The summed E-state index contributed by atoms with van der Waals surface area (Å²) in [6, 6.07) is 0. The number of halogens is 3. The number of nitrogens with zero attached hydrogens (tertiary/aromatic N) is 2. The third-order valence-electron chi connectivity index (χ3n) is 10.7. The summed E-state index contributed by atoms with van der Waals surface area (Å²) in [6.45, 7) is 5.46. The quantitative estimate of drug-likeness (QED) is 0.482. The summed E-state index contributed by atoms with van der Waals surface area (Å²) in [5.41, 5.74) is 7.10. The van der Waals surface area contributed by atoms with Crippen molar-refractivity contribution in [2.45, 2.75) is 91.2 Å². The number of amides is 1. The van der Waals surface area contributed by atoms with Crippen molar-refractivity contribution >= 4 is 11.6 Å². The van der Waals surface area contributed by atoms with Crippen LogP contribution in [-0.4, -0.2) is 48.9 Å². The molecule has 4 nitrogen and oxygen atoms in total. The maximum absolute atomic E-state index is 12.9. The van der Waals surface area contributed by atoms with Gasteiger partial charge in [0.1, 0.15) is 13.1 Å². The van der Waals surface area contributed by atoms with E-state index in [9.17, 15) is 18.0 Å². The van der Waals surface area contributed by atoms with E-state index in [4.69, 9.17) is 5.73 Å². The van der Waals surface area contributed by atoms with E-state index in [1.54, 1.807) is 0 Å². The van der Waals surface area contributed by atoms with Gasteiger partial charge in [0.15, 0.2) is 0 Å². The van der Waals surface area contributed by atoms with Crippen LogP contribution in [0.25, 0.3) is 0 Å². The molecule has 4 fully saturated rings. The molecule has 4 rings (SSSR count). The van der Waals surface area contributed by atoms with Crippen LogP contribution in [0.5, 0.6) is 0 Å². The highest BCUT2D eigenvalue weighted by molar-refractivity contribution is 5.88.